The van der Waals surface area contributed by atoms with Crippen LogP contribution in [0.4, 0.5) is 0 Å². The second kappa shape index (κ2) is 7.73. The Labute approximate surface area is 169 Å². The van der Waals surface area contributed by atoms with Crippen molar-refractivity contribution in [3.8, 4) is 11.5 Å². The molecule has 0 fully saturated rings. The van der Waals surface area contributed by atoms with Gasteiger partial charge >= 0.3 is 25.2 Å². The van der Waals surface area contributed by atoms with Crippen LogP contribution in [0.3, 0.4) is 0 Å². The van der Waals surface area contributed by atoms with Gasteiger partial charge in [0.2, 0.25) is 0 Å². The van der Waals surface area contributed by atoms with Gasteiger partial charge in [-0.1, -0.05) is 48.2 Å². The second-order valence-corrected chi connectivity index (χ2v) is 6.69. The molecular formula is C21H17ClCuN2O2. The van der Waals surface area contributed by atoms with E-state index in [1.54, 1.807) is 18.2 Å². The van der Waals surface area contributed by atoms with E-state index in [1.807, 2.05) is 50.2 Å². The number of rotatable bonds is 2. The van der Waals surface area contributed by atoms with Crippen molar-refractivity contribution < 1.29 is 25.3 Å². The Morgan fingerprint density at radius 2 is 1.33 bits per heavy atom. The van der Waals surface area contributed by atoms with E-state index in [1.165, 1.54) is 6.07 Å². The van der Waals surface area contributed by atoms with Gasteiger partial charge < -0.3 is 10.2 Å². The first kappa shape index (κ1) is 19.4. The van der Waals surface area contributed by atoms with Crippen molar-refractivity contribution in [2.24, 2.45) is 0 Å². The van der Waals surface area contributed by atoms with Crippen LogP contribution >= 0.6 is 10.1 Å². The van der Waals surface area contributed by atoms with Gasteiger partial charge in [-0.05, 0) is 37.4 Å². The summed E-state index contributed by atoms with van der Waals surface area (Å²) < 4.78 is 0. The topological polar surface area (TPSA) is 69.1 Å². The third-order valence-electron chi connectivity index (χ3n) is 4.66. The van der Waals surface area contributed by atoms with Gasteiger partial charge in [0.25, 0.3) is 0 Å². The predicted molar refractivity (Wildman–Crippen MR) is 103 cm³/mol. The van der Waals surface area contributed by atoms with Crippen LogP contribution in [0.15, 0.2) is 60.7 Å². The van der Waals surface area contributed by atoms with E-state index in [0.29, 0.717) is 11.0 Å². The fourth-order valence-corrected chi connectivity index (χ4v) is 3.08. The van der Waals surface area contributed by atoms with Gasteiger partial charge in [0.05, 0.1) is 16.9 Å². The fourth-order valence-electron chi connectivity index (χ4n) is 3.08. The fraction of sp³-hybridized carbons (Fsp3) is 0.143. The zero-order chi connectivity index (χ0) is 19.6. The van der Waals surface area contributed by atoms with E-state index < -0.39 is 5.41 Å². The van der Waals surface area contributed by atoms with E-state index in [9.17, 15) is 10.2 Å². The number of para-hydroxylation sites is 2. The molecule has 4 nitrogen and oxygen atoms in total. The van der Waals surface area contributed by atoms with Crippen molar-refractivity contribution in [2.75, 3.05) is 0 Å². The molecule has 0 saturated heterocycles. The molecule has 141 valence electrons. The van der Waals surface area contributed by atoms with Gasteiger partial charge in [0, 0.05) is 10.8 Å². The molecule has 2 aromatic carbocycles. The van der Waals surface area contributed by atoms with Gasteiger partial charge in [-0.25, -0.2) is 4.98 Å². The zero-order valence-electron chi connectivity index (χ0n) is 14.7. The standard InChI is InChI=1S/C21H18N2O2.ClH.Cu/c1-21(2,17-11-9-13-5-3-7-15(24)19(13)22-17)18-12-10-14-6-4-8-16(25)20(14)23-18;;/h3-12,24-25H,1-2H3;1H;/q;;+2/p-2. The monoisotopic (exact) mass is 427 g/mol. The molecule has 0 aliphatic rings. The Kier molecular flexibility index (Phi) is 5.56. The van der Waals surface area contributed by atoms with Crippen LogP contribution in [0.2, 0.25) is 0 Å². The number of hydrogen-bond donors (Lipinski definition) is 1. The van der Waals surface area contributed by atoms with Crippen LogP contribution in [0.1, 0.15) is 25.2 Å². The van der Waals surface area contributed by atoms with E-state index in [-0.39, 0.29) is 11.5 Å². The molecule has 6 heteroatoms. The maximum absolute atomic E-state index is 12.1. The Morgan fingerprint density at radius 1 is 0.815 bits per heavy atom. The molecule has 2 aromatic heterocycles. The molecule has 0 radical (unpaired) electrons. The number of fused-ring (bicyclic) bond motifs is 2. The molecule has 0 amide bonds. The van der Waals surface area contributed by atoms with Crippen molar-refractivity contribution in [3.63, 3.8) is 0 Å². The molecule has 0 atom stereocenters. The average Bonchev–Trinajstić information content (AvgIpc) is 2.69. The normalized spacial score (nSPS) is 11.3. The van der Waals surface area contributed by atoms with Gasteiger partial charge in [-0.2, -0.15) is 0 Å². The van der Waals surface area contributed by atoms with Crippen LogP contribution < -0.4 is 5.11 Å². The van der Waals surface area contributed by atoms with E-state index in [4.69, 9.17) is 0 Å². The van der Waals surface area contributed by atoms with Crippen molar-refractivity contribution in [1.29, 1.82) is 0 Å². The first-order chi connectivity index (χ1) is 13.0. The number of aromatic nitrogens is 2. The summed E-state index contributed by atoms with van der Waals surface area (Å²) >= 11 is 3.66. The number of halogens is 1. The molecule has 0 saturated carbocycles. The van der Waals surface area contributed by atoms with Crippen LogP contribution in [0.25, 0.3) is 21.8 Å². The average molecular weight is 428 g/mol. The first-order valence-corrected chi connectivity index (χ1v) is 9.54. The number of aromatic hydroxyl groups is 1. The molecule has 0 spiro atoms. The molecular weight excluding hydrogens is 411 g/mol. The first-order valence-electron chi connectivity index (χ1n) is 8.25. The van der Waals surface area contributed by atoms with E-state index in [0.717, 1.165) is 22.2 Å². The van der Waals surface area contributed by atoms with Crippen molar-refractivity contribution in [3.05, 3.63) is 72.1 Å². The van der Waals surface area contributed by atoms with Gasteiger partial charge in [-0.15, -0.1) is 0 Å². The number of phenols is 1. The molecule has 0 aliphatic heterocycles. The quantitative estimate of drug-likeness (QED) is 0.475. The summed E-state index contributed by atoms with van der Waals surface area (Å²) in [6.07, 6.45) is 0. The van der Waals surface area contributed by atoms with E-state index in [2.05, 4.69) is 35.2 Å². The van der Waals surface area contributed by atoms with Crippen molar-refractivity contribution in [1.82, 2.24) is 9.97 Å². The summed E-state index contributed by atoms with van der Waals surface area (Å²) in [5.74, 6) is 0.0720. The minimum absolute atomic E-state index is 0.0840. The predicted octanol–water partition coefficient (Wildman–Crippen LogP) is 4.58. The van der Waals surface area contributed by atoms with Crippen LogP contribution in [0, 0.1) is 0 Å². The van der Waals surface area contributed by atoms with Crippen LogP contribution in [-0.4, -0.2) is 15.1 Å². The SMILES string of the molecule is CC(C)(c1ccc2cccc([O-])c2n1)c1ccc2cccc(O)c2n1.[Cl][Cu+]. The number of phenolic OH excluding ortho intramolecular Hbond substituents is 1. The maximum atomic E-state index is 12.1. The molecule has 1 N–H and O–H groups in total. The Balaban J connectivity index is 0.00000102. The molecule has 0 bridgehead atoms. The van der Waals surface area contributed by atoms with Gasteiger partial charge in [0.1, 0.15) is 11.3 Å². The summed E-state index contributed by atoms with van der Waals surface area (Å²) in [5.41, 5.74) is 2.09. The summed E-state index contributed by atoms with van der Waals surface area (Å²) in [6.45, 7) is 4.03. The second-order valence-electron chi connectivity index (χ2n) is 6.69. The number of nitrogens with zero attached hydrogens (tertiary/aromatic N) is 2. The Bertz CT molecular complexity index is 1030. The van der Waals surface area contributed by atoms with Gasteiger partial charge in [-0.3, -0.25) is 4.98 Å². The molecule has 2 heterocycles. The number of pyridine rings is 2. The van der Waals surface area contributed by atoms with Gasteiger partial charge in [0.15, 0.2) is 0 Å². The third-order valence-corrected chi connectivity index (χ3v) is 4.66. The molecule has 0 unspecified atom stereocenters. The Hall–Kier alpha value is -2.33. The van der Waals surface area contributed by atoms with Crippen molar-refractivity contribution >= 4 is 31.9 Å². The zero-order valence-corrected chi connectivity index (χ0v) is 16.4. The number of hydrogen-bond acceptors (Lipinski definition) is 4. The molecule has 27 heavy (non-hydrogen) atoms. The van der Waals surface area contributed by atoms with E-state index >= 15 is 0 Å². The van der Waals surface area contributed by atoms with Crippen LogP contribution in [0.5, 0.6) is 11.5 Å². The summed E-state index contributed by atoms with van der Waals surface area (Å²) in [7, 11) is 4.20. The summed E-state index contributed by atoms with van der Waals surface area (Å²) in [4.78, 5) is 9.27. The minimum atomic E-state index is -0.507. The van der Waals surface area contributed by atoms with Crippen LogP contribution in [-0.2, 0) is 20.5 Å². The molecule has 4 rings (SSSR count). The molecule has 0 aliphatic carbocycles. The molecule has 4 aromatic rings. The summed E-state index contributed by atoms with van der Waals surface area (Å²) in [5, 5.41) is 23.9. The summed E-state index contributed by atoms with van der Waals surface area (Å²) in [6, 6.07) is 18.2. The Morgan fingerprint density at radius 3 is 1.96 bits per heavy atom. The third kappa shape index (κ3) is 3.59. The number of benzene rings is 2. The van der Waals surface area contributed by atoms with Crippen molar-refractivity contribution in [2.45, 2.75) is 19.3 Å².